The maximum absolute atomic E-state index is 12.6. The quantitative estimate of drug-likeness (QED) is 0.903. The summed E-state index contributed by atoms with van der Waals surface area (Å²) < 4.78 is 6.03. The van der Waals surface area contributed by atoms with Crippen molar-refractivity contribution in [2.45, 2.75) is 38.8 Å². The van der Waals surface area contributed by atoms with E-state index < -0.39 is 12.1 Å². The van der Waals surface area contributed by atoms with E-state index in [1.807, 2.05) is 19.1 Å². The molecule has 1 heterocycles. The Bertz CT molecular complexity index is 562. The molecule has 0 aliphatic carbocycles. The van der Waals surface area contributed by atoms with Crippen LogP contribution in [0.4, 0.5) is 5.69 Å². The van der Waals surface area contributed by atoms with Gasteiger partial charge in [0.05, 0.1) is 7.11 Å². The second-order valence-electron chi connectivity index (χ2n) is 5.08. The summed E-state index contributed by atoms with van der Waals surface area (Å²) in [4.78, 5) is 26.3. The van der Waals surface area contributed by atoms with Crippen molar-refractivity contribution in [1.82, 2.24) is 5.32 Å². The van der Waals surface area contributed by atoms with Crippen LogP contribution >= 0.6 is 15.9 Å². The summed E-state index contributed by atoms with van der Waals surface area (Å²) >= 11 is 3.40. The lowest BCUT2D eigenvalue weighted by molar-refractivity contribution is -0.133. The van der Waals surface area contributed by atoms with Crippen LogP contribution in [0.1, 0.15) is 26.7 Å². The molecule has 1 aromatic carbocycles. The predicted molar refractivity (Wildman–Crippen MR) is 84.5 cm³/mol. The highest BCUT2D eigenvalue weighted by atomic mass is 79.9. The smallest absolute Gasteiger partial charge is 0.250 e. The van der Waals surface area contributed by atoms with Crippen LogP contribution < -0.4 is 15.0 Å². The average molecular weight is 355 g/mol. The number of benzene rings is 1. The van der Waals surface area contributed by atoms with Crippen molar-refractivity contribution in [1.29, 1.82) is 0 Å². The van der Waals surface area contributed by atoms with Crippen molar-refractivity contribution in [2.75, 3.05) is 12.0 Å². The highest BCUT2D eigenvalue weighted by molar-refractivity contribution is 9.10. The number of carbonyl (C=O) groups is 2. The molecule has 1 saturated heterocycles. The Morgan fingerprint density at radius 1 is 1.33 bits per heavy atom. The molecule has 1 aliphatic rings. The first-order valence-corrected chi connectivity index (χ1v) is 7.75. The molecule has 0 radical (unpaired) electrons. The van der Waals surface area contributed by atoms with Crippen molar-refractivity contribution < 1.29 is 14.3 Å². The molecule has 0 bridgehead atoms. The first-order valence-electron chi connectivity index (χ1n) is 6.96. The first kappa shape index (κ1) is 15.8. The first-order chi connectivity index (χ1) is 9.97. The number of ether oxygens (including phenoxy) is 1. The number of nitrogens with zero attached hydrogens (tertiary/aromatic N) is 1. The SMILES string of the molecule is CCCC1NC(=O)C(C)N(c2cc(Br)cc(OC)c2)C1=O. The van der Waals surface area contributed by atoms with Crippen LogP contribution in [0, 0.1) is 0 Å². The van der Waals surface area contributed by atoms with Crippen LogP contribution in [0.5, 0.6) is 5.75 Å². The molecule has 1 N–H and O–H groups in total. The van der Waals surface area contributed by atoms with Crippen LogP contribution in [-0.4, -0.2) is 31.0 Å². The minimum absolute atomic E-state index is 0.0795. The van der Waals surface area contributed by atoms with Gasteiger partial charge in [-0.25, -0.2) is 0 Å². The zero-order chi connectivity index (χ0) is 15.6. The Morgan fingerprint density at radius 3 is 2.67 bits per heavy atom. The fourth-order valence-corrected chi connectivity index (χ4v) is 2.93. The molecular weight excluding hydrogens is 336 g/mol. The lowest BCUT2D eigenvalue weighted by Crippen LogP contribution is -2.62. The Labute approximate surface area is 132 Å². The molecule has 2 atom stereocenters. The van der Waals surface area contributed by atoms with Crippen LogP contribution in [0.3, 0.4) is 0 Å². The molecule has 0 spiro atoms. The van der Waals surface area contributed by atoms with Gasteiger partial charge in [0.25, 0.3) is 0 Å². The van der Waals surface area contributed by atoms with Gasteiger partial charge in [0.15, 0.2) is 0 Å². The van der Waals surface area contributed by atoms with E-state index >= 15 is 0 Å². The summed E-state index contributed by atoms with van der Waals surface area (Å²) in [6, 6.07) is 4.40. The summed E-state index contributed by atoms with van der Waals surface area (Å²) in [5.74, 6) is 0.425. The van der Waals surface area contributed by atoms with Crippen LogP contribution in [0.25, 0.3) is 0 Å². The van der Waals surface area contributed by atoms with Gasteiger partial charge < -0.3 is 10.1 Å². The summed E-state index contributed by atoms with van der Waals surface area (Å²) in [7, 11) is 1.57. The van der Waals surface area contributed by atoms with E-state index in [4.69, 9.17) is 4.74 Å². The van der Waals surface area contributed by atoms with Gasteiger partial charge in [-0.2, -0.15) is 0 Å². The monoisotopic (exact) mass is 354 g/mol. The maximum Gasteiger partial charge on any atom is 0.250 e. The Balaban J connectivity index is 2.41. The highest BCUT2D eigenvalue weighted by Gasteiger charge is 2.38. The summed E-state index contributed by atoms with van der Waals surface area (Å²) in [6.07, 6.45) is 1.47. The number of methoxy groups -OCH3 is 1. The lowest BCUT2D eigenvalue weighted by atomic mass is 10.0. The Kier molecular flexibility index (Phi) is 4.88. The molecule has 2 unspecified atom stereocenters. The Hall–Kier alpha value is -1.56. The second kappa shape index (κ2) is 6.47. The molecule has 0 aromatic heterocycles. The molecule has 0 saturated carbocycles. The number of anilines is 1. The van der Waals surface area contributed by atoms with E-state index in [9.17, 15) is 9.59 Å². The van der Waals surface area contributed by atoms with Crippen molar-refractivity contribution in [3.05, 3.63) is 22.7 Å². The molecule has 2 rings (SSSR count). The topological polar surface area (TPSA) is 58.6 Å². The molecule has 1 aliphatic heterocycles. The zero-order valence-corrected chi connectivity index (χ0v) is 13.9. The summed E-state index contributed by atoms with van der Waals surface area (Å²) in [5.41, 5.74) is 0.662. The number of nitrogens with one attached hydrogen (secondary N) is 1. The standard InChI is InChI=1S/C15H19BrN2O3/c1-4-5-13-15(20)18(9(2)14(19)17-13)11-6-10(16)7-12(8-11)21-3/h6-9,13H,4-5H2,1-3H3,(H,17,19). The molecular formula is C15H19BrN2O3. The predicted octanol–water partition coefficient (Wildman–Crippen LogP) is 2.48. The zero-order valence-electron chi connectivity index (χ0n) is 12.4. The molecule has 1 fully saturated rings. The third-order valence-electron chi connectivity index (χ3n) is 3.57. The van der Waals surface area contributed by atoms with Gasteiger partial charge in [-0.3, -0.25) is 14.5 Å². The van der Waals surface area contributed by atoms with Crippen molar-refractivity contribution in [2.24, 2.45) is 0 Å². The number of hydrogen-bond donors (Lipinski definition) is 1. The molecule has 2 amide bonds. The minimum Gasteiger partial charge on any atom is -0.497 e. The lowest BCUT2D eigenvalue weighted by Gasteiger charge is -2.37. The fourth-order valence-electron chi connectivity index (χ4n) is 2.47. The van der Waals surface area contributed by atoms with Gasteiger partial charge in [-0.05, 0) is 25.5 Å². The maximum atomic E-state index is 12.6. The number of halogens is 1. The second-order valence-corrected chi connectivity index (χ2v) is 6.00. The van der Waals surface area contributed by atoms with Gasteiger partial charge in [0.1, 0.15) is 17.8 Å². The molecule has 6 heteroatoms. The van der Waals surface area contributed by atoms with Gasteiger partial charge >= 0.3 is 0 Å². The van der Waals surface area contributed by atoms with E-state index in [-0.39, 0.29) is 11.8 Å². The number of rotatable bonds is 4. The molecule has 5 nitrogen and oxygen atoms in total. The van der Waals surface area contributed by atoms with Gasteiger partial charge in [-0.15, -0.1) is 0 Å². The third kappa shape index (κ3) is 3.20. The van der Waals surface area contributed by atoms with Crippen LogP contribution in [0.15, 0.2) is 22.7 Å². The van der Waals surface area contributed by atoms with Gasteiger partial charge in [-0.1, -0.05) is 29.3 Å². The van der Waals surface area contributed by atoms with Crippen molar-refractivity contribution in [3.63, 3.8) is 0 Å². The van der Waals surface area contributed by atoms with E-state index in [1.165, 1.54) is 0 Å². The van der Waals surface area contributed by atoms with E-state index in [0.29, 0.717) is 17.9 Å². The van der Waals surface area contributed by atoms with E-state index in [1.54, 1.807) is 25.0 Å². The average Bonchev–Trinajstić information content (AvgIpc) is 2.44. The van der Waals surface area contributed by atoms with Crippen molar-refractivity contribution in [3.8, 4) is 5.75 Å². The summed E-state index contributed by atoms with van der Waals surface area (Å²) in [6.45, 7) is 3.72. The minimum atomic E-state index is -0.537. The Morgan fingerprint density at radius 2 is 2.05 bits per heavy atom. The van der Waals surface area contributed by atoms with Crippen molar-refractivity contribution >= 4 is 33.4 Å². The van der Waals surface area contributed by atoms with Crippen LogP contribution in [0.2, 0.25) is 0 Å². The molecule has 114 valence electrons. The van der Waals surface area contributed by atoms with Crippen LogP contribution in [-0.2, 0) is 9.59 Å². The number of piperazine rings is 1. The number of hydrogen-bond acceptors (Lipinski definition) is 3. The van der Waals surface area contributed by atoms with E-state index in [0.717, 1.165) is 10.9 Å². The molecule has 21 heavy (non-hydrogen) atoms. The number of amides is 2. The number of carbonyl (C=O) groups excluding carboxylic acids is 2. The third-order valence-corrected chi connectivity index (χ3v) is 4.02. The summed E-state index contributed by atoms with van der Waals surface area (Å²) in [5, 5.41) is 2.79. The van der Waals surface area contributed by atoms with E-state index in [2.05, 4.69) is 21.2 Å². The fraction of sp³-hybridized carbons (Fsp3) is 0.467. The highest BCUT2D eigenvalue weighted by Crippen LogP contribution is 2.30. The normalized spacial score (nSPS) is 22.2. The van der Waals surface area contributed by atoms with Gasteiger partial charge in [0, 0.05) is 16.2 Å². The molecule has 1 aromatic rings. The largest absolute Gasteiger partial charge is 0.497 e. The van der Waals surface area contributed by atoms with Gasteiger partial charge in [0.2, 0.25) is 11.8 Å².